The number of hydrogen-bond acceptors (Lipinski definition) is 2. The molecule has 0 saturated carbocycles. The molecule has 1 aromatic rings. The Balaban J connectivity index is 2.65. The van der Waals surface area contributed by atoms with E-state index in [9.17, 15) is 14.0 Å². The van der Waals surface area contributed by atoms with Crippen molar-refractivity contribution in [1.82, 2.24) is 10.6 Å². The van der Waals surface area contributed by atoms with E-state index in [0.717, 1.165) is 6.07 Å². The normalized spacial score (nSPS) is 23.5. The van der Waals surface area contributed by atoms with Crippen molar-refractivity contribution in [3.8, 4) is 0 Å². The molecular formula is C10H7Cl2FN2O2. The molecule has 0 spiro atoms. The fourth-order valence-corrected chi connectivity index (χ4v) is 2.45. The third-order valence-corrected chi connectivity index (χ3v) is 3.27. The van der Waals surface area contributed by atoms with Crippen molar-refractivity contribution in [2.75, 3.05) is 0 Å². The minimum atomic E-state index is -1.46. The van der Waals surface area contributed by atoms with Gasteiger partial charge in [0.15, 0.2) is 0 Å². The second-order valence-electron chi connectivity index (χ2n) is 3.75. The van der Waals surface area contributed by atoms with Crippen LogP contribution in [0.2, 0.25) is 10.0 Å². The van der Waals surface area contributed by atoms with Gasteiger partial charge in [-0.25, -0.2) is 9.18 Å². The van der Waals surface area contributed by atoms with Crippen molar-refractivity contribution in [1.29, 1.82) is 0 Å². The van der Waals surface area contributed by atoms with Crippen LogP contribution in [0.4, 0.5) is 9.18 Å². The average Bonchev–Trinajstić information content (AvgIpc) is 2.48. The summed E-state index contributed by atoms with van der Waals surface area (Å²) in [4.78, 5) is 22.8. The summed E-state index contributed by atoms with van der Waals surface area (Å²) in [6.07, 6.45) is 0. The number of imide groups is 1. The van der Waals surface area contributed by atoms with Crippen LogP contribution in [0.15, 0.2) is 12.1 Å². The molecule has 90 valence electrons. The van der Waals surface area contributed by atoms with Crippen LogP contribution in [0.5, 0.6) is 0 Å². The van der Waals surface area contributed by atoms with Gasteiger partial charge < -0.3 is 5.32 Å². The molecule has 2 N–H and O–H groups in total. The fourth-order valence-electron chi connectivity index (χ4n) is 1.70. The van der Waals surface area contributed by atoms with Crippen LogP contribution in [-0.4, -0.2) is 11.9 Å². The molecule has 1 aliphatic rings. The van der Waals surface area contributed by atoms with Gasteiger partial charge in [-0.1, -0.05) is 23.2 Å². The number of benzene rings is 1. The third kappa shape index (κ3) is 1.75. The van der Waals surface area contributed by atoms with Gasteiger partial charge in [0.25, 0.3) is 5.91 Å². The molecule has 1 aromatic carbocycles. The van der Waals surface area contributed by atoms with Crippen molar-refractivity contribution in [3.63, 3.8) is 0 Å². The van der Waals surface area contributed by atoms with Crippen LogP contribution in [0.3, 0.4) is 0 Å². The van der Waals surface area contributed by atoms with Gasteiger partial charge in [-0.2, -0.15) is 0 Å². The molecular weight excluding hydrogens is 270 g/mol. The van der Waals surface area contributed by atoms with Crippen LogP contribution in [0, 0.1) is 5.82 Å². The zero-order chi connectivity index (χ0) is 12.8. The molecule has 1 unspecified atom stereocenters. The molecule has 0 aromatic heterocycles. The smallest absolute Gasteiger partial charge is 0.319 e. The topological polar surface area (TPSA) is 58.2 Å². The summed E-state index contributed by atoms with van der Waals surface area (Å²) in [6, 6.07) is 1.70. The van der Waals surface area contributed by atoms with E-state index >= 15 is 0 Å². The maximum absolute atomic E-state index is 13.4. The van der Waals surface area contributed by atoms with Gasteiger partial charge in [0, 0.05) is 10.6 Å². The maximum Gasteiger partial charge on any atom is 0.322 e. The van der Waals surface area contributed by atoms with Crippen LogP contribution in [0.25, 0.3) is 0 Å². The number of carbonyl (C=O) groups is 2. The van der Waals surface area contributed by atoms with Crippen molar-refractivity contribution in [3.05, 3.63) is 33.6 Å². The lowest BCUT2D eigenvalue weighted by Crippen LogP contribution is -2.41. The Morgan fingerprint density at radius 2 is 1.94 bits per heavy atom. The van der Waals surface area contributed by atoms with E-state index in [0.29, 0.717) is 0 Å². The molecule has 1 fully saturated rings. The quantitative estimate of drug-likeness (QED) is 0.610. The molecule has 1 aliphatic heterocycles. The summed E-state index contributed by atoms with van der Waals surface area (Å²) in [5.74, 6) is -1.34. The molecule has 1 atom stereocenters. The lowest BCUT2D eigenvalue weighted by Gasteiger charge is -2.23. The van der Waals surface area contributed by atoms with E-state index in [1.54, 1.807) is 0 Å². The summed E-state index contributed by atoms with van der Waals surface area (Å²) >= 11 is 11.7. The number of carbonyl (C=O) groups excluding carboxylic acids is 2. The van der Waals surface area contributed by atoms with E-state index < -0.39 is 23.3 Å². The highest BCUT2D eigenvalue weighted by molar-refractivity contribution is 6.37. The van der Waals surface area contributed by atoms with Gasteiger partial charge in [0.05, 0.1) is 5.02 Å². The Morgan fingerprint density at radius 3 is 2.47 bits per heavy atom. The third-order valence-electron chi connectivity index (χ3n) is 2.59. The minimum absolute atomic E-state index is 0.0455. The maximum atomic E-state index is 13.4. The van der Waals surface area contributed by atoms with Gasteiger partial charge in [0.1, 0.15) is 11.4 Å². The van der Waals surface area contributed by atoms with Gasteiger partial charge in [0.2, 0.25) is 0 Å². The number of urea groups is 1. The fraction of sp³-hybridized carbons (Fsp3) is 0.200. The summed E-state index contributed by atoms with van der Waals surface area (Å²) in [7, 11) is 0. The van der Waals surface area contributed by atoms with Crippen LogP contribution >= 0.6 is 23.2 Å². The Morgan fingerprint density at radius 1 is 1.29 bits per heavy atom. The van der Waals surface area contributed by atoms with E-state index in [1.165, 1.54) is 13.0 Å². The lowest BCUT2D eigenvalue weighted by molar-refractivity contribution is -0.123. The van der Waals surface area contributed by atoms with Gasteiger partial charge >= 0.3 is 6.03 Å². The van der Waals surface area contributed by atoms with E-state index in [2.05, 4.69) is 10.6 Å². The zero-order valence-electron chi connectivity index (χ0n) is 8.61. The van der Waals surface area contributed by atoms with Crippen molar-refractivity contribution < 1.29 is 14.0 Å². The molecule has 0 aliphatic carbocycles. The van der Waals surface area contributed by atoms with Crippen molar-refractivity contribution in [2.45, 2.75) is 12.5 Å². The van der Waals surface area contributed by atoms with Crippen molar-refractivity contribution in [2.24, 2.45) is 0 Å². The lowest BCUT2D eigenvalue weighted by atomic mass is 9.92. The first kappa shape index (κ1) is 12.1. The van der Waals surface area contributed by atoms with E-state index in [-0.39, 0.29) is 15.6 Å². The second-order valence-corrected chi connectivity index (χ2v) is 4.54. The predicted molar refractivity (Wildman–Crippen MR) is 60.4 cm³/mol. The molecule has 1 heterocycles. The average molecular weight is 277 g/mol. The van der Waals surface area contributed by atoms with Crippen LogP contribution in [-0.2, 0) is 10.3 Å². The Hall–Kier alpha value is -1.33. The molecule has 3 amide bonds. The van der Waals surface area contributed by atoms with E-state index in [4.69, 9.17) is 23.2 Å². The number of amides is 3. The van der Waals surface area contributed by atoms with E-state index in [1.807, 2.05) is 0 Å². The first-order valence-electron chi connectivity index (χ1n) is 4.64. The van der Waals surface area contributed by atoms with Gasteiger partial charge in [-0.05, 0) is 19.1 Å². The molecule has 1 saturated heterocycles. The molecule has 0 bridgehead atoms. The van der Waals surface area contributed by atoms with Crippen LogP contribution < -0.4 is 10.6 Å². The zero-order valence-corrected chi connectivity index (χ0v) is 10.1. The highest BCUT2D eigenvalue weighted by atomic mass is 35.5. The Labute approximate surface area is 106 Å². The Bertz CT molecular complexity index is 535. The number of halogens is 3. The van der Waals surface area contributed by atoms with Gasteiger partial charge in [-0.3, -0.25) is 10.1 Å². The standard InChI is InChI=1S/C10H7Cl2FN2O2/c1-10(8(16)14-9(17)15-10)6-4(11)2-3-5(13)7(6)12/h2-3H,1H3,(H2,14,15,16,17). The number of rotatable bonds is 1. The monoisotopic (exact) mass is 276 g/mol. The second kappa shape index (κ2) is 3.85. The SMILES string of the molecule is CC1(c2c(Cl)ccc(F)c2Cl)NC(=O)NC1=O. The first-order valence-corrected chi connectivity index (χ1v) is 5.39. The van der Waals surface area contributed by atoms with Crippen molar-refractivity contribution >= 4 is 35.1 Å². The molecule has 0 radical (unpaired) electrons. The molecule has 4 nitrogen and oxygen atoms in total. The highest BCUT2D eigenvalue weighted by Gasteiger charge is 2.46. The first-order chi connectivity index (χ1) is 7.86. The summed E-state index contributed by atoms with van der Waals surface area (Å²) < 4.78 is 13.4. The minimum Gasteiger partial charge on any atom is -0.319 e. The molecule has 17 heavy (non-hydrogen) atoms. The Kier molecular flexibility index (Phi) is 2.75. The summed E-state index contributed by atoms with van der Waals surface area (Å²) in [5.41, 5.74) is -1.42. The molecule has 7 heteroatoms. The summed E-state index contributed by atoms with van der Waals surface area (Å²) in [5, 5.41) is 4.25. The predicted octanol–water partition coefficient (Wildman–Crippen LogP) is 2.19. The highest BCUT2D eigenvalue weighted by Crippen LogP contribution is 2.37. The molecule has 2 rings (SSSR count). The summed E-state index contributed by atoms with van der Waals surface area (Å²) in [6.45, 7) is 1.40. The van der Waals surface area contributed by atoms with Gasteiger partial charge in [-0.15, -0.1) is 0 Å². The number of nitrogens with one attached hydrogen (secondary N) is 2. The largest absolute Gasteiger partial charge is 0.322 e. The van der Waals surface area contributed by atoms with Crippen LogP contribution in [0.1, 0.15) is 12.5 Å². The number of hydrogen-bond donors (Lipinski definition) is 2.